The van der Waals surface area contributed by atoms with Crippen LogP contribution in [-0.2, 0) is 19.5 Å². The number of nitrogens with zero attached hydrogens (tertiary/aromatic N) is 1. The Morgan fingerprint density at radius 1 is 1.11 bits per heavy atom. The average Bonchev–Trinajstić information content (AvgIpc) is 2.38. The third kappa shape index (κ3) is 4.20. The molecule has 2 aromatic rings. The zero-order chi connectivity index (χ0) is 13.7. The number of nitrogens with one attached hydrogen (secondary N) is 1. The van der Waals surface area contributed by atoms with Gasteiger partial charge in [-0.2, -0.15) is 0 Å². The molecule has 0 amide bonds. The summed E-state index contributed by atoms with van der Waals surface area (Å²) in [4.78, 5) is 4.40. The second kappa shape index (κ2) is 6.90. The SMILES string of the molecule is CCc1cccnc1CNCc1cc(Cl)cc(Cl)c1. The van der Waals surface area contributed by atoms with Gasteiger partial charge in [0.2, 0.25) is 0 Å². The molecule has 0 aliphatic carbocycles. The molecule has 1 heterocycles. The van der Waals surface area contributed by atoms with Crippen molar-refractivity contribution in [2.45, 2.75) is 26.4 Å². The van der Waals surface area contributed by atoms with E-state index in [1.807, 2.05) is 24.4 Å². The van der Waals surface area contributed by atoms with Crippen molar-refractivity contribution in [3.05, 3.63) is 63.4 Å². The van der Waals surface area contributed by atoms with Crippen molar-refractivity contribution in [1.29, 1.82) is 0 Å². The fraction of sp³-hybridized carbons (Fsp3) is 0.267. The quantitative estimate of drug-likeness (QED) is 0.892. The van der Waals surface area contributed by atoms with Crippen molar-refractivity contribution in [1.82, 2.24) is 10.3 Å². The molecule has 2 nitrogen and oxygen atoms in total. The van der Waals surface area contributed by atoms with Gasteiger partial charge in [-0.15, -0.1) is 0 Å². The second-order valence-electron chi connectivity index (χ2n) is 4.34. The Morgan fingerprint density at radius 2 is 1.84 bits per heavy atom. The predicted molar refractivity (Wildman–Crippen MR) is 80.6 cm³/mol. The molecular formula is C15H16Cl2N2. The fourth-order valence-electron chi connectivity index (χ4n) is 1.99. The van der Waals surface area contributed by atoms with Gasteiger partial charge in [0, 0.05) is 29.3 Å². The van der Waals surface area contributed by atoms with Gasteiger partial charge in [0.25, 0.3) is 0 Å². The first-order valence-electron chi connectivity index (χ1n) is 6.27. The summed E-state index contributed by atoms with van der Waals surface area (Å²) >= 11 is 11.9. The number of halogens is 2. The number of hydrogen-bond donors (Lipinski definition) is 1. The topological polar surface area (TPSA) is 24.9 Å². The van der Waals surface area contributed by atoms with Crippen LogP contribution in [0.5, 0.6) is 0 Å². The van der Waals surface area contributed by atoms with Crippen LogP contribution in [0.4, 0.5) is 0 Å². The van der Waals surface area contributed by atoms with Gasteiger partial charge in [-0.3, -0.25) is 4.98 Å². The molecule has 100 valence electrons. The van der Waals surface area contributed by atoms with Crippen LogP contribution < -0.4 is 5.32 Å². The zero-order valence-corrected chi connectivity index (χ0v) is 12.3. The van der Waals surface area contributed by atoms with Gasteiger partial charge in [-0.25, -0.2) is 0 Å². The monoisotopic (exact) mass is 294 g/mol. The van der Waals surface area contributed by atoms with Crippen molar-refractivity contribution >= 4 is 23.2 Å². The highest BCUT2D eigenvalue weighted by Gasteiger charge is 2.02. The first-order chi connectivity index (χ1) is 9.19. The molecular weight excluding hydrogens is 279 g/mol. The van der Waals surface area contributed by atoms with Gasteiger partial charge in [0.1, 0.15) is 0 Å². The maximum absolute atomic E-state index is 5.97. The number of aryl methyl sites for hydroxylation is 1. The molecule has 1 aromatic carbocycles. The van der Waals surface area contributed by atoms with E-state index < -0.39 is 0 Å². The molecule has 0 bridgehead atoms. The minimum Gasteiger partial charge on any atom is -0.307 e. The summed E-state index contributed by atoms with van der Waals surface area (Å²) in [6.45, 7) is 3.60. The lowest BCUT2D eigenvalue weighted by molar-refractivity contribution is 0.673. The molecule has 1 aromatic heterocycles. The summed E-state index contributed by atoms with van der Waals surface area (Å²) in [7, 11) is 0. The molecule has 4 heteroatoms. The first-order valence-corrected chi connectivity index (χ1v) is 7.03. The molecule has 1 N–H and O–H groups in total. The summed E-state index contributed by atoms with van der Waals surface area (Å²) in [5, 5.41) is 4.69. The van der Waals surface area contributed by atoms with Crippen LogP contribution in [0.1, 0.15) is 23.7 Å². The van der Waals surface area contributed by atoms with Crippen LogP contribution in [0.25, 0.3) is 0 Å². The normalized spacial score (nSPS) is 10.7. The van der Waals surface area contributed by atoms with Crippen LogP contribution >= 0.6 is 23.2 Å². The molecule has 0 aliphatic rings. The Bertz CT molecular complexity index is 535. The van der Waals surface area contributed by atoms with Crippen LogP contribution in [0, 0.1) is 0 Å². The highest BCUT2D eigenvalue weighted by molar-refractivity contribution is 6.34. The van der Waals surface area contributed by atoms with E-state index in [0.717, 1.165) is 30.8 Å². The van der Waals surface area contributed by atoms with Gasteiger partial charge in [0.15, 0.2) is 0 Å². The lowest BCUT2D eigenvalue weighted by Gasteiger charge is -2.08. The molecule has 2 rings (SSSR count). The van der Waals surface area contributed by atoms with Crippen molar-refractivity contribution < 1.29 is 0 Å². The third-order valence-corrected chi connectivity index (χ3v) is 3.35. The lowest BCUT2D eigenvalue weighted by atomic mass is 10.1. The van der Waals surface area contributed by atoms with Crippen molar-refractivity contribution in [2.24, 2.45) is 0 Å². The molecule has 0 aliphatic heterocycles. The van der Waals surface area contributed by atoms with E-state index in [1.165, 1.54) is 5.56 Å². The molecule has 0 saturated heterocycles. The molecule has 0 spiro atoms. The van der Waals surface area contributed by atoms with Gasteiger partial charge >= 0.3 is 0 Å². The van der Waals surface area contributed by atoms with Gasteiger partial charge in [-0.05, 0) is 41.8 Å². The van der Waals surface area contributed by atoms with Crippen LogP contribution in [0.2, 0.25) is 10.0 Å². The molecule has 0 saturated carbocycles. The largest absolute Gasteiger partial charge is 0.307 e. The summed E-state index contributed by atoms with van der Waals surface area (Å²) in [5.74, 6) is 0. The lowest BCUT2D eigenvalue weighted by Crippen LogP contribution is -2.15. The zero-order valence-electron chi connectivity index (χ0n) is 10.8. The summed E-state index contributed by atoms with van der Waals surface area (Å²) in [6, 6.07) is 9.65. The van der Waals surface area contributed by atoms with E-state index in [-0.39, 0.29) is 0 Å². The summed E-state index contributed by atoms with van der Waals surface area (Å²) in [6.07, 6.45) is 2.82. The number of rotatable bonds is 5. The van der Waals surface area contributed by atoms with E-state index in [9.17, 15) is 0 Å². The van der Waals surface area contributed by atoms with Crippen molar-refractivity contribution in [3.8, 4) is 0 Å². The van der Waals surface area contributed by atoms with Gasteiger partial charge < -0.3 is 5.32 Å². The molecule has 19 heavy (non-hydrogen) atoms. The maximum Gasteiger partial charge on any atom is 0.0573 e. The van der Waals surface area contributed by atoms with E-state index in [0.29, 0.717) is 10.0 Å². The molecule has 0 radical (unpaired) electrons. The molecule has 0 unspecified atom stereocenters. The Labute approximate surface area is 123 Å². The van der Waals surface area contributed by atoms with E-state index in [4.69, 9.17) is 23.2 Å². The van der Waals surface area contributed by atoms with Gasteiger partial charge in [0.05, 0.1) is 5.69 Å². The second-order valence-corrected chi connectivity index (χ2v) is 5.22. The number of benzene rings is 1. The third-order valence-electron chi connectivity index (χ3n) is 2.91. The number of pyridine rings is 1. The van der Waals surface area contributed by atoms with Crippen molar-refractivity contribution in [2.75, 3.05) is 0 Å². The Kier molecular flexibility index (Phi) is 5.20. The maximum atomic E-state index is 5.97. The standard InChI is InChI=1S/C15H16Cl2N2/c1-2-12-4-3-5-19-15(12)10-18-9-11-6-13(16)8-14(17)7-11/h3-8,18H,2,9-10H2,1H3. The molecule has 0 fully saturated rings. The minimum absolute atomic E-state index is 0.663. The average molecular weight is 295 g/mol. The minimum atomic E-state index is 0.663. The Balaban J connectivity index is 1.96. The van der Waals surface area contributed by atoms with E-state index in [2.05, 4.69) is 23.3 Å². The fourth-order valence-corrected chi connectivity index (χ4v) is 2.56. The number of hydrogen-bond acceptors (Lipinski definition) is 2. The smallest absolute Gasteiger partial charge is 0.0573 e. The summed E-state index contributed by atoms with van der Waals surface area (Å²) < 4.78 is 0. The Morgan fingerprint density at radius 3 is 2.53 bits per heavy atom. The van der Waals surface area contributed by atoms with Crippen molar-refractivity contribution in [3.63, 3.8) is 0 Å². The summed E-state index contributed by atoms with van der Waals surface area (Å²) in [5.41, 5.74) is 3.45. The Hall–Kier alpha value is -1.09. The van der Waals surface area contributed by atoms with E-state index >= 15 is 0 Å². The van der Waals surface area contributed by atoms with Crippen LogP contribution in [0.3, 0.4) is 0 Å². The van der Waals surface area contributed by atoms with E-state index in [1.54, 1.807) is 6.07 Å². The van der Waals surface area contributed by atoms with Crippen LogP contribution in [0.15, 0.2) is 36.5 Å². The van der Waals surface area contributed by atoms with Crippen LogP contribution in [-0.4, -0.2) is 4.98 Å². The predicted octanol–water partition coefficient (Wildman–Crippen LogP) is 4.24. The van der Waals surface area contributed by atoms with Gasteiger partial charge in [-0.1, -0.05) is 36.2 Å². The molecule has 0 atom stereocenters. The highest BCUT2D eigenvalue weighted by atomic mass is 35.5. The highest BCUT2D eigenvalue weighted by Crippen LogP contribution is 2.19. The first kappa shape index (κ1) is 14.3. The number of aromatic nitrogens is 1.